The molecule has 14 heavy (non-hydrogen) atoms. The van der Waals surface area contributed by atoms with Gasteiger partial charge in [-0.25, -0.2) is 0 Å². The topological polar surface area (TPSA) is 20.2 Å². The molecule has 2 aliphatic rings. The van der Waals surface area contributed by atoms with Crippen LogP contribution in [0.5, 0.6) is 0 Å². The van der Waals surface area contributed by atoms with Crippen molar-refractivity contribution in [1.29, 1.82) is 0 Å². The Morgan fingerprint density at radius 2 is 1.93 bits per heavy atom. The number of hydrogen-bond donors (Lipinski definition) is 1. The van der Waals surface area contributed by atoms with Crippen molar-refractivity contribution in [2.75, 3.05) is 0 Å². The average Bonchev–Trinajstić information content (AvgIpc) is 2.57. The fraction of sp³-hybridized carbons (Fsp3) is 0.667. The summed E-state index contributed by atoms with van der Waals surface area (Å²) in [5.74, 6) is 1.15. The van der Waals surface area contributed by atoms with E-state index in [1.807, 2.05) is 0 Å². The molecule has 1 N–H and O–H groups in total. The van der Waals surface area contributed by atoms with Gasteiger partial charge < -0.3 is 5.11 Å². The second-order valence-corrected chi connectivity index (χ2v) is 5.53. The van der Waals surface area contributed by atoms with E-state index in [2.05, 4.69) is 17.7 Å². The van der Waals surface area contributed by atoms with Gasteiger partial charge in [-0.05, 0) is 53.5 Å². The molecule has 0 amide bonds. The molecule has 2 atom stereocenters. The van der Waals surface area contributed by atoms with Gasteiger partial charge in [0.05, 0.1) is 5.60 Å². The predicted molar refractivity (Wildman–Crippen MR) is 58.4 cm³/mol. The lowest BCUT2D eigenvalue weighted by Gasteiger charge is -2.09. The maximum absolute atomic E-state index is 10.6. The molecular weight excluding hydrogens is 192 g/mol. The highest BCUT2D eigenvalue weighted by Crippen LogP contribution is 2.65. The standard InChI is InChI=1S/C12H16OS/c1-8-6-14-7-11(8)12(13)9-4-2-3-5-10(9)12/h6-7,9-10,13H,2-5H2,1H3. The Bertz CT molecular complexity index is 343. The normalized spacial score (nSPS) is 40.7. The summed E-state index contributed by atoms with van der Waals surface area (Å²) in [7, 11) is 0. The summed E-state index contributed by atoms with van der Waals surface area (Å²) in [4.78, 5) is 0. The van der Waals surface area contributed by atoms with Crippen LogP contribution >= 0.6 is 11.3 Å². The van der Waals surface area contributed by atoms with Crippen molar-refractivity contribution in [1.82, 2.24) is 0 Å². The minimum atomic E-state index is -0.430. The Hall–Kier alpha value is -0.340. The van der Waals surface area contributed by atoms with E-state index in [0.29, 0.717) is 11.8 Å². The first-order valence-corrected chi connectivity index (χ1v) is 6.44. The van der Waals surface area contributed by atoms with Gasteiger partial charge >= 0.3 is 0 Å². The van der Waals surface area contributed by atoms with Crippen molar-refractivity contribution in [2.24, 2.45) is 11.8 Å². The third-order valence-corrected chi connectivity index (χ3v) is 4.94. The summed E-state index contributed by atoms with van der Waals surface area (Å²) in [6, 6.07) is 0. The molecular formula is C12H16OS. The Balaban J connectivity index is 1.96. The largest absolute Gasteiger partial charge is 0.385 e. The monoisotopic (exact) mass is 208 g/mol. The van der Waals surface area contributed by atoms with Crippen molar-refractivity contribution in [3.05, 3.63) is 21.9 Å². The lowest BCUT2D eigenvalue weighted by molar-refractivity contribution is 0.118. The van der Waals surface area contributed by atoms with E-state index in [9.17, 15) is 5.11 Å². The molecule has 76 valence electrons. The molecule has 0 bridgehead atoms. The van der Waals surface area contributed by atoms with Crippen molar-refractivity contribution >= 4 is 11.3 Å². The van der Waals surface area contributed by atoms with Gasteiger partial charge in [-0.3, -0.25) is 0 Å². The fourth-order valence-electron chi connectivity index (χ4n) is 3.26. The SMILES string of the molecule is Cc1cscc1C1(O)C2CCCCC21. The lowest BCUT2D eigenvalue weighted by atomic mass is 10.0. The highest BCUT2D eigenvalue weighted by molar-refractivity contribution is 7.08. The molecule has 2 saturated carbocycles. The van der Waals surface area contributed by atoms with Crippen LogP contribution < -0.4 is 0 Å². The minimum absolute atomic E-state index is 0.430. The molecule has 2 heteroatoms. The number of thiophene rings is 1. The van der Waals surface area contributed by atoms with Crippen molar-refractivity contribution < 1.29 is 5.11 Å². The van der Waals surface area contributed by atoms with Crippen molar-refractivity contribution in [3.63, 3.8) is 0 Å². The molecule has 1 heterocycles. The molecule has 2 unspecified atom stereocenters. The summed E-state index contributed by atoms with van der Waals surface area (Å²) < 4.78 is 0. The van der Waals surface area contributed by atoms with Crippen LogP contribution in [0, 0.1) is 18.8 Å². The third-order valence-electron chi connectivity index (χ3n) is 4.07. The Morgan fingerprint density at radius 1 is 1.29 bits per heavy atom. The van der Waals surface area contributed by atoms with Crippen LogP contribution in [0.15, 0.2) is 10.8 Å². The molecule has 1 aromatic heterocycles. The first kappa shape index (κ1) is 8.93. The van der Waals surface area contributed by atoms with Crippen LogP contribution in [0.3, 0.4) is 0 Å². The average molecular weight is 208 g/mol. The third kappa shape index (κ3) is 0.986. The quantitative estimate of drug-likeness (QED) is 0.752. The molecule has 1 nitrogen and oxygen atoms in total. The van der Waals surface area contributed by atoms with Crippen LogP contribution in [0.2, 0.25) is 0 Å². The highest BCUT2D eigenvalue weighted by atomic mass is 32.1. The fourth-order valence-corrected chi connectivity index (χ4v) is 4.17. The Kier molecular flexibility index (Phi) is 1.80. The van der Waals surface area contributed by atoms with E-state index in [1.165, 1.54) is 36.8 Å². The summed E-state index contributed by atoms with van der Waals surface area (Å²) >= 11 is 1.72. The van der Waals surface area contributed by atoms with Crippen LogP contribution in [-0.4, -0.2) is 5.11 Å². The number of rotatable bonds is 1. The zero-order valence-electron chi connectivity index (χ0n) is 8.49. The van der Waals surface area contributed by atoms with Gasteiger partial charge in [0.15, 0.2) is 0 Å². The molecule has 1 aromatic rings. The maximum Gasteiger partial charge on any atom is 0.0970 e. The van der Waals surface area contributed by atoms with Crippen molar-refractivity contribution in [3.8, 4) is 0 Å². The molecule has 0 saturated heterocycles. The highest BCUT2D eigenvalue weighted by Gasteiger charge is 2.65. The summed E-state index contributed by atoms with van der Waals surface area (Å²) in [6.45, 7) is 2.12. The summed E-state index contributed by atoms with van der Waals surface area (Å²) in [5.41, 5.74) is 2.08. The number of aryl methyl sites for hydroxylation is 1. The van der Waals surface area contributed by atoms with Gasteiger partial charge in [-0.2, -0.15) is 11.3 Å². The zero-order valence-corrected chi connectivity index (χ0v) is 9.31. The van der Waals surface area contributed by atoms with E-state index in [0.717, 1.165) is 0 Å². The van der Waals surface area contributed by atoms with Gasteiger partial charge in [-0.1, -0.05) is 12.8 Å². The van der Waals surface area contributed by atoms with Gasteiger partial charge in [0.1, 0.15) is 0 Å². The number of aliphatic hydroxyl groups is 1. The molecule has 0 radical (unpaired) electrons. The second kappa shape index (κ2) is 2.83. The van der Waals surface area contributed by atoms with E-state index in [1.54, 1.807) is 11.3 Å². The lowest BCUT2D eigenvalue weighted by Crippen LogP contribution is -2.10. The second-order valence-electron chi connectivity index (χ2n) is 4.79. The predicted octanol–water partition coefficient (Wildman–Crippen LogP) is 3.06. The number of fused-ring (bicyclic) bond motifs is 1. The van der Waals surface area contributed by atoms with Crippen LogP contribution in [0.25, 0.3) is 0 Å². The molecule has 0 aliphatic heterocycles. The summed E-state index contributed by atoms with van der Waals surface area (Å²) in [6.07, 6.45) is 5.09. The van der Waals surface area contributed by atoms with Gasteiger partial charge in [0, 0.05) is 0 Å². The first-order chi connectivity index (χ1) is 6.74. The summed E-state index contributed by atoms with van der Waals surface area (Å²) in [5, 5.41) is 14.9. The first-order valence-electron chi connectivity index (χ1n) is 5.50. The van der Waals surface area contributed by atoms with E-state index in [4.69, 9.17) is 0 Å². The van der Waals surface area contributed by atoms with E-state index in [-0.39, 0.29) is 0 Å². The van der Waals surface area contributed by atoms with Gasteiger partial charge in [0.2, 0.25) is 0 Å². The molecule has 3 rings (SSSR count). The number of hydrogen-bond acceptors (Lipinski definition) is 2. The minimum Gasteiger partial charge on any atom is -0.385 e. The van der Waals surface area contributed by atoms with E-state index >= 15 is 0 Å². The maximum atomic E-state index is 10.6. The smallest absolute Gasteiger partial charge is 0.0970 e. The van der Waals surface area contributed by atoms with Crippen molar-refractivity contribution in [2.45, 2.75) is 38.2 Å². The van der Waals surface area contributed by atoms with Crippen LogP contribution in [0.4, 0.5) is 0 Å². The van der Waals surface area contributed by atoms with Crippen LogP contribution in [0.1, 0.15) is 36.8 Å². The zero-order chi connectivity index (χ0) is 9.76. The Labute approximate surface area is 88.8 Å². The Morgan fingerprint density at radius 3 is 2.43 bits per heavy atom. The molecule has 0 aromatic carbocycles. The van der Waals surface area contributed by atoms with E-state index < -0.39 is 5.60 Å². The van der Waals surface area contributed by atoms with Gasteiger partial charge in [-0.15, -0.1) is 0 Å². The molecule has 2 aliphatic carbocycles. The van der Waals surface area contributed by atoms with Gasteiger partial charge in [0.25, 0.3) is 0 Å². The molecule has 2 fully saturated rings. The van der Waals surface area contributed by atoms with Crippen LogP contribution in [-0.2, 0) is 5.60 Å². The molecule has 0 spiro atoms.